The van der Waals surface area contributed by atoms with Gasteiger partial charge in [0.1, 0.15) is 5.72 Å². The van der Waals surface area contributed by atoms with E-state index in [-0.39, 0.29) is 17.6 Å². The molecule has 2 aliphatic rings. The molecular weight excluding hydrogens is 389 g/mol. The van der Waals surface area contributed by atoms with Crippen molar-refractivity contribution >= 4 is 35.1 Å². The van der Waals surface area contributed by atoms with Crippen LogP contribution in [-0.4, -0.2) is 40.3 Å². The van der Waals surface area contributed by atoms with E-state index in [4.69, 9.17) is 27.9 Å². The monoisotopic (exact) mass is 413 g/mol. The number of hydrogen-bond acceptors (Lipinski definition) is 3. The van der Waals surface area contributed by atoms with Gasteiger partial charge in [-0.25, -0.2) is 4.79 Å². The molecule has 5 nitrogen and oxygen atoms in total. The van der Waals surface area contributed by atoms with E-state index >= 15 is 0 Å². The van der Waals surface area contributed by atoms with E-state index in [1.807, 2.05) is 0 Å². The summed E-state index contributed by atoms with van der Waals surface area (Å²) in [5, 5.41) is 10.3. The Morgan fingerprint density at radius 2 is 1.70 bits per heavy atom. The normalized spacial score (nSPS) is 28.6. The Morgan fingerprint density at radius 1 is 1.15 bits per heavy atom. The Morgan fingerprint density at radius 3 is 2.19 bits per heavy atom. The lowest BCUT2D eigenvalue weighted by Crippen LogP contribution is -2.55. The molecule has 1 atom stereocenters. The molecule has 1 aliphatic carbocycles. The van der Waals surface area contributed by atoms with E-state index in [1.54, 1.807) is 6.07 Å². The quantitative estimate of drug-likeness (QED) is 0.751. The van der Waals surface area contributed by atoms with Gasteiger partial charge in [0, 0.05) is 15.6 Å². The van der Waals surface area contributed by atoms with Crippen molar-refractivity contribution in [1.29, 1.82) is 0 Å². The minimum absolute atomic E-state index is 0.00441. The van der Waals surface area contributed by atoms with Gasteiger partial charge in [-0.15, -0.1) is 0 Å². The molecule has 148 valence electrons. The Balaban J connectivity index is 1.93. The molecule has 1 heterocycles. The number of halogens is 2. The van der Waals surface area contributed by atoms with Gasteiger partial charge in [0.25, 0.3) is 5.91 Å². The number of nitrogens with zero attached hydrogens (tertiary/aromatic N) is 1. The Labute approximate surface area is 169 Å². The maximum Gasteiger partial charge on any atom is 0.328 e. The average molecular weight is 414 g/mol. The summed E-state index contributed by atoms with van der Waals surface area (Å²) in [6.45, 7) is 6.63. The number of aliphatic carboxylic acids is 1. The number of ether oxygens (including phenoxy) is 1. The highest BCUT2D eigenvalue weighted by Gasteiger charge is 2.54. The minimum atomic E-state index is -1.06. The van der Waals surface area contributed by atoms with Crippen LogP contribution in [0.15, 0.2) is 18.2 Å². The number of carbonyl (C=O) groups excluding carboxylic acids is 1. The molecule has 27 heavy (non-hydrogen) atoms. The van der Waals surface area contributed by atoms with Crippen molar-refractivity contribution in [3.8, 4) is 0 Å². The van der Waals surface area contributed by atoms with Gasteiger partial charge in [0.2, 0.25) is 0 Å². The molecule has 1 N–H and O–H groups in total. The third kappa shape index (κ3) is 3.96. The third-order valence-corrected chi connectivity index (χ3v) is 6.30. The van der Waals surface area contributed by atoms with Crippen molar-refractivity contribution in [2.24, 2.45) is 11.3 Å². The van der Waals surface area contributed by atoms with Crippen molar-refractivity contribution in [2.75, 3.05) is 6.61 Å². The topological polar surface area (TPSA) is 66.8 Å². The summed E-state index contributed by atoms with van der Waals surface area (Å²) in [5.41, 5.74) is -0.431. The molecule has 0 bridgehead atoms. The second-order valence-corrected chi connectivity index (χ2v) is 9.46. The highest BCUT2D eigenvalue weighted by molar-refractivity contribution is 6.35. The van der Waals surface area contributed by atoms with Crippen molar-refractivity contribution < 1.29 is 19.4 Å². The van der Waals surface area contributed by atoms with Crippen LogP contribution in [0.4, 0.5) is 0 Å². The lowest BCUT2D eigenvalue weighted by Gasteiger charge is -2.46. The molecule has 3 rings (SSSR count). The second-order valence-electron chi connectivity index (χ2n) is 8.58. The van der Waals surface area contributed by atoms with E-state index in [1.165, 1.54) is 17.0 Å². The van der Waals surface area contributed by atoms with Crippen molar-refractivity contribution in [3.63, 3.8) is 0 Å². The number of carbonyl (C=O) groups is 2. The molecule has 1 aromatic rings. The number of hydrogen-bond donors (Lipinski definition) is 1. The molecule has 1 saturated carbocycles. The van der Waals surface area contributed by atoms with Gasteiger partial charge in [0.05, 0.1) is 6.61 Å². The van der Waals surface area contributed by atoms with Crippen molar-refractivity contribution in [1.82, 2.24) is 4.90 Å². The summed E-state index contributed by atoms with van der Waals surface area (Å²) in [5.74, 6) is -0.960. The van der Waals surface area contributed by atoms with Gasteiger partial charge >= 0.3 is 5.97 Å². The number of carboxylic acid groups (broad SMARTS) is 1. The molecule has 7 heteroatoms. The van der Waals surface area contributed by atoms with Crippen LogP contribution < -0.4 is 0 Å². The minimum Gasteiger partial charge on any atom is -0.480 e. The van der Waals surface area contributed by atoms with Gasteiger partial charge in [-0.1, -0.05) is 44.0 Å². The maximum absolute atomic E-state index is 13.3. The fraction of sp³-hybridized carbons (Fsp3) is 0.600. The van der Waals surface area contributed by atoms with Gasteiger partial charge in [-0.2, -0.15) is 0 Å². The molecule has 2 fully saturated rings. The van der Waals surface area contributed by atoms with Crippen LogP contribution in [0.1, 0.15) is 56.8 Å². The summed E-state index contributed by atoms with van der Waals surface area (Å²) in [4.78, 5) is 26.5. The van der Waals surface area contributed by atoms with Gasteiger partial charge in [-0.05, 0) is 55.2 Å². The number of carboxylic acids is 1. The lowest BCUT2D eigenvalue weighted by molar-refractivity contribution is -0.144. The van der Waals surface area contributed by atoms with Crippen LogP contribution in [0.25, 0.3) is 0 Å². The van der Waals surface area contributed by atoms with Gasteiger partial charge in [0.15, 0.2) is 6.04 Å². The number of amides is 1. The lowest BCUT2D eigenvalue weighted by atomic mass is 9.70. The number of benzene rings is 1. The first-order chi connectivity index (χ1) is 12.5. The average Bonchev–Trinajstić information content (AvgIpc) is 2.91. The maximum atomic E-state index is 13.3. The summed E-state index contributed by atoms with van der Waals surface area (Å²) in [6.07, 6.45) is 3.02. The molecule has 1 saturated heterocycles. The fourth-order valence-electron chi connectivity index (χ4n) is 4.31. The first-order valence-electron chi connectivity index (χ1n) is 9.20. The molecule has 1 amide bonds. The van der Waals surface area contributed by atoms with Gasteiger partial charge in [-0.3, -0.25) is 9.69 Å². The Kier molecular flexibility index (Phi) is 5.50. The zero-order valence-corrected chi connectivity index (χ0v) is 17.3. The van der Waals surface area contributed by atoms with E-state index in [0.717, 1.165) is 12.8 Å². The van der Waals surface area contributed by atoms with Gasteiger partial charge < -0.3 is 9.84 Å². The smallest absolute Gasteiger partial charge is 0.328 e. The van der Waals surface area contributed by atoms with E-state index in [2.05, 4.69) is 20.8 Å². The van der Waals surface area contributed by atoms with E-state index < -0.39 is 23.6 Å². The number of rotatable bonds is 2. The summed E-state index contributed by atoms with van der Waals surface area (Å²) >= 11 is 12.1. The van der Waals surface area contributed by atoms with Crippen molar-refractivity contribution in [2.45, 2.75) is 58.2 Å². The zero-order valence-electron chi connectivity index (χ0n) is 15.8. The van der Waals surface area contributed by atoms with Crippen molar-refractivity contribution in [3.05, 3.63) is 33.8 Å². The molecular formula is C20H25Cl2NO4. The van der Waals surface area contributed by atoms with Crippen LogP contribution >= 0.6 is 23.2 Å². The fourth-order valence-corrected chi connectivity index (χ4v) is 4.83. The van der Waals surface area contributed by atoms with Crippen LogP contribution in [0, 0.1) is 11.3 Å². The molecule has 0 unspecified atom stereocenters. The third-order valence-electron chi connectivity index (χ3n) is 5.87. The highest BCUT2D eigenvalue weighted by Crippen LogP contribution is 2.47. The molecule has 0 radical (unpaired) electrons. The SMILES string of the molecule is CC(C)(C)C1CCC2(CC1)OC[C@H](C(=O)O)N2C(=O)c1cc(Cl)cc(Cl)c1. The van der Waals surface area contributed by atoms with Crippen LogP contribution in [0.3, 0.4) is 0 Å². The Hall–Kier alpha value is -1.30. The van der Waals surface area contributed by atoms with Crippen LogP contribution in [0.5, 0.6) is 0 Å². The second kappa shape index (κ2) is 7.26. The van der Waals surface area contributed by atoms with Crippen LogP contribution in [0.2, 0.25) is 10.0 Å². The standard InChI is InChI=1S/C20H25Cl2NO4/c1-19(2,3)13-4-6-20(7-5-13)23(16(11-27-20)18(25)26)17(24)12-8-14(21)10-15(22)9-12/h8-10,13,16H,4-7,11H2,1-3H3,(H,25,26)/t13?,16-,20?/m1/s1. The molecule has 0 aromatic heterocycles. The summed E-state index contributed by atoms with van der Waals surface area (Å²) in [6, 6.07) is 3.56. The van der Waals surface area contributed by atoms with Crippen LogP contribution in [-0.2, 0) is 9.53 Å². The summed E-state index contributed by atoms with van der Waals surface area (Å²) in [7, 11) is 0. The zero-order chi connectivity index (χ0) is 20.0. The summed E-state index contributed by atoms with van der Waals surface area (Å²) < 4.78 is 5.99. The Bertz CT molecular complexity index is 731. The molecule has 1 spiro atoms. The van der Waals surface area contributed by atoms with E-state index in [0.29, 0.717) is 28.8 Å². The molecule has 1 aliphatic heterocycles. The predicted molar refractivity (Wildman–Crippen MR) is 104 cm³/mol. The first-order valence-corrected chi connectivity index (χ1v) is 9.96. The van der Waals surface area contributed by atoms with E-state index in [9.17, 15) is 14.7 Å². The predicted octanol–water partition coefficient (Wildman–Crippen LogP) is 4.85. The molecule has 1 aromatic carbocycles. The largest absolute Gasteiger partial charge is 0.480 e. The first kappa shape index (κ1) is 20.4. The highest BCUT2D eigenvalue weighted by atomic mass is 35.5.